The molecule has 1 N–H and O–H groups in total. The van der Waals surface area contributed by atoms with Crippen LogP contribution in [-0.4, -0.2) is 27.6 Å². The van der Waals surface area contributed by atoms with Crippen LogP contribution in [0.25, 0.3) is 0 Å². The first kappa shape index (κ1) is 16.2. The summed E-state index contributed by atoms with van der Waals surface area (Å²) in [6, 6.07) is 0.549. The van der Waals surface area contributed by atoms with Crippen molar-refractivity contribution in [1.82, 2.24) is 20.3 Å². The van der Waals surface area contributed by atoms with Gasteiger partial charge in [-0.1, -0.05) is 57.6 Å². The van der Waals surface area contributed by atoms with Crippen molar-refractivity contribution < 1.29 is 0 Å². The maximum absolute atomic E-state index is 4.18. The monoisotopic (exact) mass is 266 g/mol. The highest BCUT2D eigenvalue weighted by atomic mass is 15.4. The van der Waals surface area contributed by atoms with Crippen molar-refractivity contribution in [2.24, 2.45) is 7.05 Å². The topological polar surface area (TPSA) is 42.7 Å². The molecule has 4 nitrogen and oxygen atoms in total. The number of aromatic nitrogens is 3. The van der Waals surface area contributed by atoms with Gasteiger partial charge in [0, 0.05) is 25.7 Å². The lowest BCUT2D eigenvalue weighted by Crippen LogP contribution is -2.31. The highest BCUT2D eigenvalue weighted by Gasteiger charge is 2.10. The molecular formula is C15H30N4. The molecule has 0 fully saturated rings. The molecule has 0 aliphatic rings. The fourth-order valence-corrected chi connectivity index (χ4v) is 2.48. The molecule has 0 amide bonds. The lowest BCUT2D eigenvalue weighted by Gasteiger charge is -2.16. The SMILES string of the molecule is CCCCCCCCC(Cc1cn(C)nn1)NCC. The first-order valence-electron chi connectivity index (χ1n) is 7.84. The lowest BCUT2D eigenvalue weighted by molar-refractivity contribution is 0.456. The molecule has 0 aromatic carbocycles. The number of nitrogens with one attached hydrogen (secondary N) is 1. The van der Waals surface area contributed by atoms with Gasteiger partial charge in [0.1, 0.15) is 0 Å². The van der Waals surface area contributed by atoms with E-state index in [0.717, 1.165) is 18.7 Å². The minimum Gasteiger partial charge on any atom is -0.314 e. The summed E-state index contributed by atoms with van der Waals surface area (Å²) in [5.74, 6) is 0. The number of aryl methyl sites for hydroxylation is 1. The summed E-state index contributed by atoms with van der Waals surface area (Å²) in [5, 5.41) is 11.7. The molecule has 4 heteroatoms. The molecular weight excluding hydrogens is 236 g/mol. The van der Waals surface area contributed by atoms with Crippen LogP contribution in [0.4, 0.5) is 0 Å². The van der Waals surface area contributed by atoms with E-state index in [-0.39, 0.29) is 0 Å². The molecule has 1 atom stereocenters. The Morgan fingerprint density at radius 2 is 1.89 bits per heavy atom. The van der Waals surface area contributed by atoms with Gasteiger partial charge >= 0.3 is 0 Å². The average molecular weight is 266 g/mol. The molecule has 0 spiro atoms. The van der Waals surface area contributed by atoms with Gasteiger partial charge in [-0.25, -0.2) is 0 Å². The minimum atomic E-state index is 0.549. The quantitative estimate of drug-likeness (QED) is 0.626. The Bertz CT molecular complexity index is 322. The molecule has 0 aliphatic carbocycles. The van der Waals surface area contributed by atoms with Crippen molar-refractivity contribution in [2.45, 2.75) is 71.3 Å². The zero-order valence-electron chi connectivity index (χ0n) is 12.9. The summed E-state index contributed by atoms with van der Waals surface area (Å²) in [4.78, 5) is 0. The van der Waals surface area contributed by atoms with Gasteiger partial charge in [0.05, 0.1) is 5.69 Å². The molecule has 0 saturated heterocycles. The highest BCUT2D eigenvalue weighted by molar-refractivity contribution is 4.95. The number of nitrogens with zero attached hydrogens (tertiary/aromatic N) is 3. The predicted molar refractivity (Wildman–Crippen MR) is 80.2 cm³/mol. The van der Waals surface area contributed by atoms with E-state index in [1.54, 1.807) is 4.68 Å². The molecule has 110 valence electrons. The van der Waals surface area contributed by atoms with Gasteiger partial charge in [0.25, 0.3) is 0 Å². The van der Waals surface area contributed by atoms with Crippen LogP contribution in [0.5, 0.6) is 0 Å². The molecule has 1 unspecified atom stereocenters. The maximum Gasteiger partial charge on any atom is 0.0842 e. The van der Waals surface area contributed by atoms with Crippen LogP contribution >= 0.6 is 0 Å². The van der Waals surface area contributed by atoms with Crippen LogP contribution in [-0.2, 0) is 13.5 Å². The van der Waals surface area contributed by atoms with Crippen LogP contribution < -0.4 is 5.32 Å². The summed E-state index contributed by atoms with van der Waals surface area (Å²) in [5.41, 5.74) is 1.10. The van der Waals surface area contributed by atoms with Gasteiger partial charge in [-0.15, -0.1) is 5.10 Å². The highest BCUT2D eigenvalue weighted by Crippen LogP contribution is 2.11. The van der Waals surface area contributed by atoms with Crippen LogP contribution in [0.3, 0.4) is 0 Å². The first-order valence-corrected chi connectivity index (χ1v) is 7.84. The number of likely N-dealkylation sites (N-methyl/N-ethyl adjacent to an activating group) is 1. The zero-order valence-corrected chi connectivity index (χ0v) is 12.9. The average Bonchev–Trinajstić information content (AvgIpc) is 2.79. The molecule has 19 heavy (non-hydrogen) atoms. The number of hydrogen-bond acceptors (Lipinski definition) is 3. The van der Waals surface area contributed by atoms with Gasteiger partial charge in [-0.05, 0) is 13.0 Å². The second kappa shape index (κ2) is 9.96. The van der Waals surface area contributed by atoms with E-state index in [2.05, 4.69) is 29.5 Å². The third-order valence-electron chi connectivity index (χ3n) is 3.50. The molecule has 1 heterocycles. The Labute approximate surface area is 118 Å². The van der Waals surface area contributed by atoms with Gasteiger partial charge in [-0.3, -0.25) is 4.68 Å². The zero-order chi connectivity index (χ0) is 13.9. The summed E-state index contributed by atoms with van der Waals surface area (Å²) in [6.45, 7) is 5.47. The Morgan fingerprint density at radius 1 is 1.16 bits per heavy atom. The van der Waals surface area contributed by atoms with Gasteiger partial charge in [0.15, 0.2) is 0 Å². The number of hydrogen-bond donors (Lipinski definition) is 1. The van der Waals surface area contributed by atoms with E-state index >= 15 is 0 Å². The third kappa shape index (κ3) is 7.31. The summed E-state index contributed by atoms with van der Waals surface area (Å²) in [6.07, 6.45) is 12.4. The van der Waals surface area contributed by atoms with Crippen molar-refractivity contribution in [3.05, 3.63) is 11.9 Å². The largest absolute Gasteiger partial charge is 0.314 e. The van der Waals surface area contributed by atoms with Crippen molar-refractivity contribution in [2.75, 3.05) is 6.54 Å². The third-order valence-corrected chi connectivity index (χ3v) is 3.50. The van der Waals surface area contributed by atoms with Gasteiger partial charge in [0.2, 0.25) is 0 Å². The van der Waals surface area contributed by atoms with Crippen LogP contribution in [0.2, 0.25) is 0 Å². The van der Waals surface area contributed by atoms with Crippen LogP contribution in [0, 0.1) is 0 Å². The lowest BCUT2D eigenvalue weighted by atomic mass is 10.0. The maximum atomic E-state index is 4.18. The van der Waals surface area contributed by atoms with E-state index < -0.39 is 0 Å². The summed E-state index contributed by atoms with van der Waals surface area (Å²) >= 11 is 0. The van der Waals surface area contributed by atoms with Crippen LogP contribution in [0.1, 0.15) is 64.5 Å². The smallest absolute Gasteiger partial charge is 0.0842 e. The molecule has 1 aromatic heterocycles. The number of rotatable bonds is 11. The van der Waals surface area contributed by atoms with E-state index in [1.807, 2.05) is 13.2 Å². The van der Waals surface area contributed by atoms with Gasteiger partial charge < -0.3 is 5.32 Å². The second-order valence-electron chi connectivity index (χ2n) is 5.40. The fourth-order valence-electron chi connectivity index (χ4n) is 2.48. The Morgan fingerprint density at radius 3 is 2.53 bits per heavy atom. The first-order chi connectivity index (χ1) is 9.26. The molecule has 1 aromatic rings. The fraction of sp³-hybridized carbons (Fsp3) is 0.867. The van der Waals surface area contributed by atoms with Crippen molar-refractivity contribution in [1.29, 1.82) is 0 Å². The van der Waals surface area contributed by atoms with Crippen molar-refractivity contribution >= 4 is 0 Å². The Hall–Kier alpha value is -0.900. The van der Waals surface area contributed by atoms with E-state index in [0.29, 0.717) is 6.04 Å². The van der Waals surface area contributed by atoms with Crippen molar-refractivity contribution in [3.63, 3.8) is 0 Å². The standard InChI is InChI=1S/C15H30N4/c1-4-6-7-8-9-10-11-14(16-5-2)12-15-13-19(3)18-17-15/h13-14,16H,4-12H2,1-3H3. The van der Waals surface area contributed by atoms with E-state index in [9.17, 15) is 0 Å². The molecule has 0 radical (unpaired) electrons. The Kier molecular flexibility index (Phi) is 8.47. The van der Waals surface area contributed by atoms with Gasteiger partial charge in [-0.2, -0.15) is 0 Å². The Balaban J connectivity index is 2.20. The van der Waals surface area contributed by atoms with Crippen molar-refractivity contribution in [3.8, 4) is 0 Å². The second-order valence-corrected chi connectivity index (χ2v) is 5.40. The minimum absolute atomic E-state index is 0.549. The molecule has 1 rings (SSSR count). The molecule has 0 aliphatic heterocycles. The summed E-state index contributed by atoms with van der Waals surface area (Å²) in [7, 11) is 1.92. The predicted octanol–water partition coefficient (Wildman–Crippen LogP) is 3.09. The molecule has 0 saturated carbocycles. The number of unbranched alkanes of at least 4 members (excludes halogenated alkanes) is 5. The van der Waals surface area contributed by atoms with E-state index in [4.69, 9.17) is 0 Å². The van der Waals surface area contributed by atoms with Crippen LogP contribution in [0.15, 0.2) is 6.20 Å². The van der Waals surface area contributed by atoms with E-state index in [1.165, 1.54) is 44.9 Å². The summed E-state index contributed by atoms with van der Waals surface area (Å²) < 4.78 is 1.78. The normalized spacial score (nSPS) is 12.8. The molecule has 0 bridgehead atoms.